The van der Waals surface area contributed by atoms with E-state index in [-0.39, 0.29) is 6.61 Å². The van der Waals surface area contributed by atoms with Crippen LogP contribution in [0.4, 0.5) is 13.2 Å². The summed E-state index contributed by atoms with van der Waals surface area (Å²) in [6, 6.07) is 6.54. The fourth-order valence-electron chi connectivity index (χ4n) is 1.98. The van der Waals surface area contributed by atoms with Crippen molar-refractivity contribution in [2.24, 2.45) is 0 Å². The number of aromatic nitrogens is 2. The molecule has 4 nitrogen and oxygen atoms in total. The molecule has 0 amide bonds. The molecule has 1 heterocycles. The Hall–Kier alpha value is -2.31. The van der Waals surface area contributed by atoms with E-state index in [9.17, 15) is 18.0 Å². The molecule has 0 fully saturated rings. The normalized spacial score (nSPS) is 11.5. The summed E-state index contributed by atoms with van der Waals surface area (Å²) < 4.78 is 45.4. The van der Waals surface area contributed by atoms with Crippen molar-refractivity contribution in [3.8, 4) is 5.69 Å². The van der Waals surface area contributed by atoms with Crippen molar-refractivity contribution in [3.63, 3.8) is 0 Å². The van der Waals surface area contributed by atoms with Crippen LogP contribution < -0.4 is 0 Å². The third kappa shape index (κ3) is 2.91. The average molecular weight is 298 g/mol. The number of benzene rings is 1. The molecular formula is C14H13F3N2O2. The van der Waals surface area contributed by atoms with Crippen molar-refractivity contribution < 1.29 is 22.7 Å². The number of nitrogens with zero attached hydrogens (tertiary/aromatic N) is 2. The van der Waals surface area contributed by atoms with E-state index in [0.717, 1.165) is 10.9 Å². The zero-order valence-electron chi connectivity index (χ0n) is 11.4. The maximum atomic E-state index is 13.3. The molecule has 2 rings (SSSR count). The Morgan fingerprint density at radius 2 is 2.00 bits per heavy atom. The highest BCUT2D eigenvalue weighted by Gasteiger charge is 2.41. The van der Waals surface area contributed by atoms with Gasteiger partial charge in [-0.1, -0.05) is 18.2 Å². The number of para-hydroxylation sites is 1. The Labute approximate surface area is 119 Å². The van der Waals surface area contributed by atoms with Gasteiger partial charge in [0.1, 0.15) is 6.33 Å². The molecule has 112 valence electrons. The van der Waals surface area contributed by atoms with Gasteiger partial charge in [0, 0.05) is 0 Å². The highest BCUT2D eigenvalue weighted by molar-refractivity contribution is 5.89. The van der Waals surface area contributed by atoms with Crippen LogP contribution in [0.15, 0.2) is 30.6 Å². The minimum atomic E-state index is -4.72. The summed E-state index contributed by atoms with van der Waals surface area (Å²) in [6.45, 7) is 3.18. The van der Waals surface area contributed by atoms with E-state index in [4.69, 9.17) is 0 Å². The van der Waals surface area contributed by atoms with Gasteiger partial charge in [-0.15, -0.1) is 0 Å². The van der Waals surface area contributed by atoms with E-state index in [2.05, 4.69) is 9.72 Å². The van der Waals surface area contributed by atoms with Crippen LogP contribution in [0.1, 0.15) is 28.7 Å². The van der Waals surface area contributed by atoms with Gasteiger partial charge in [0.15, 0.2) is 11.4 Å². The van der Waals surface area contributed by atoms with Crippen LogP contribution in [0.5, 0.6) is 0 Å². The second-order valence-electron chi connectivity index (χ2n) is 4.32. The lowest BCUT2D eigenvalue weighted by atomic mass is 10.2. The summed E-state index contributed by atoms with van der Waals surface area (Å²) >= 11 is 0. The molecular weight excluding hydrogens is 285 g/mol. The van der Waals surface area contributed by atoms with Crippen molar-refractivity contribution >= 4 is 5.97 Å². The molecule has 7 heteroatoms. The minimum Gasteiger partial charge on any atom is -0.461 e. The Kier molecular flexibility index (Phi) is 4.02. The van der Waals surface area contributed by atoms with Crippen LogP contribution in [0.3, 0.4) is 0 Å². The van der Waals surface area contributed by atoms with Crippen molar-refractivity contribution in [2.75, 3.05) is 6.61 Å². The van der Waals surface area contributed by atoms with Gasteiger partial charge < -0.3 is 4.74 Å². The van der Waals surface area contributed by atoms with Crippen LogP contribution in [0.2, 0.25) is 0 Å². The molecule has 0 saturated heterocycles. The summed E-state index contributed by atoms with van der Waals surface area (Å²) in [4.78, 5) is 15.2. The number of alkyl halides is 3. The molecule has 0 atom stereocenters. The van der Waals surface area contributed by atoms with Gasteiger partial charge in [0.2, 0.25) is 0 Å². The first-order chi connectivity index (χ1) is 9.86. The smallest absolute Gasteiger partial charge is 0.434 e. The molecule has 1 aromatic heterocycles. The van der Waals surface area contributed by atoms with E-state index in [1.807, 2.05) is 0 Å². The largest absolute Gasteiger partial charge is 0.461 e. The highest BCUT2D eigenvalue weighted by Crippen LogP contribution is 2.34. The molecule has 0 saturated carbocycles. The summed E-state index contributed by atoms with van der Waals surface area (Å²) in [5.41, 5.74) is -0.911. The number of ether oxygens (including phenoxy) is 1. The van der Waals surface area contributed by atoms with Crippen LogP contribution in [0, 0.1) is 6.92 Å². The number of carbonyl (C=O) groups is 1. The lowest BCUT2D eigenvalue weighted by Gasteiger charge is -2.14. The molecule has 0 aliphatic carbocycles. The molecule has 21 heavy (non-hydrogen) atoms. The highest BCUT2D eigenvalue weighted by atomic mass is 19.4. The fraction of sp³-hybridized carbons (Fsp3) is 0.286. The Balaban J connectivity index is 2.64. The standard InChI is InChI=1S/C14H13F3N2O2/c1-3-21-13(20)11-12(14(15,16)17)19(8-18-11)10-7-5-4-6-9(10)2/h4-8H,3H2,1-2H3. The fourth-order valence-corrected chi connectivity index (χ4v) is 1.98. The van der Waals surface area contributed by atoms with Gasteiger partial charge in [-0.05, 0) is 25.5 Å². The number of rotatable bonds is 3. The van der Waals surface area contributed by atoms with Crippen LogP contribution in [0.25, 0.3) is 5.69 Å². The molecule has 2 aromatic rings. The van der Waals surface area contributed by atoms with Gasteiger partial charge >= 0.3 is 12.1 Å². The monoisotopic (exact) mass is 298 g/mol. The molecule has 0 bridgehead atoms. The second-order valence-corrected chi connectivity index (χ2v) is 4.32. The maximum Gasteiger partial charge on any atom is 0.434 e. The van der Waals surface area contributed by atoms with Gasteiger partial charge in [0.05, 0.1) is 12.3 Å². The molecule has 0 aliphatic rings. The molecule has 0 radical (unpaired) electrons. The van der Waals surface area contributed by atoms with E-state index in [1.165, 1.54) is 13.0 Å². The van der Waals surface area contributed by atoms with Crippen molar-refractivity contribution in [3.05, 3.63) is 47.5 Å². The number of carbonyl (C=O) groups excluding carboxylic acids is 1. The Morgan fingerprint density at radius 1 is 1.33 bits per heavy atom. The second kappa shape index (κ2) is 5.59. The quantitative estimate of drug-likeness (QED) is 0.816. The van der Waals surface area contributed by atoms with E-state index >= 15 is 0 Å². The van der Waals surface area contributed by atoms with E-state index in [1.54, 1.807) is 25.1 Å². The molecule has 0 N–H and O–H groups in total. The number of hydrogen-bond acceptors (Lipinski definition) is 3. The summed E-state index contributed by atoms with van der Waals surface area (Å²) in [5, 5.41) is 0. The van der Waals surface area contributed by atoms with Crippen molar-refractivity contribution in [1.29, 1.82) is 0 Å². The Morgan fingerprint density at radius 3 is 2.57 bits per heavy atom. The number of halogens is 3. The van der Waals surface area contributed by atoms with Crippen LogP contribution in [-0.2, 0) is 10.9 Å². The zero-order valence-corrected chi connectivity index (χ0v) is 11.4. The first kappa shape index (κ1) is 15.1. The lowest BCUT2D eigenvalue weighted by Crippen LogP contribution is -2.18. The third-order valence-corrected chi connectivity index (χ3v) is 2.88. The average Bonchev–Trinajstić information content (AvgIpc) is 2.84. The summed E-state index contributed by atoms with van der Waals surface area (Å²) in [7, 11) is 0. The topological polar surface area (TPSA) is 44.1 Å². The predicted molar refractivity (Wildman–Crippen MR) is 69.3 cm³/mol. The first-order valence-corrected chi connectivity index (χ1v) is 6.24. The van der Waals surface area contributed by atoms with Crippen molar-refractivity contribution in [2.45, 2.75) is 20.0 Å². The predicted octanol–water partition coefficient (Wildman–Crippen LogP) is 3.38. The molecule has 0 aliphatic heterocycles. The van der Waals surface area contributed by atoms with E-state index < -0.39 is 23.5 Å². The summed E-state index contributed by atoms with van der Waals surface area (Å²) in [5.74, 6) is -1.09. The number of aryl methyl sites for hydroxylation is 1. The van der Waals surface area contributed by atoms with Crippen LogP contribution >= 0.6 is 0 Å². The van der Waals surface area contributed by atoms with Gasteiger partial charge in [0.25, 0.3) is 0 Å². The number of hydrogen-bond donors (Lipinski definition) is 0. The lowest BCUT2D eigenvalue weighted by molar-refractivity contribution is -0.142. The molecule has 0 unspecified atom stereocenters. The first-order valence-electron chi connectivity index (χ1n) is 6.24. The van der Waals surface area contributed by atoms with Crippen molar-refractivity contribution in [1.82, 2.24) is 9.55 Å². The van der Waals surface area contributed by atoms with Crippen LogP contribution in [-0.4, -0.2) is 22.1 Å². The van der Waals surface area contributed by atoms with Gasteiger partial charge in [-0.2, -0.15) is 13.2 Å². The zero-order chi connectivity index (χ0) is 15.6. The van der Waals surface area contributed by atoms with E-state index in [0.29, 0.717) is 11.3 Å². The number of imidazole rings is 1. The maximum absolute atomic E-state index is 13.3. The molecule has 1 aromatic carbocycles. The number of esters is 1. The molecule has 0 spiro atoms. The third-order valence-electron chi connectivity index (χ3n) is 2.88. The van der Waals surface area contributed by atoms with Gasteiger partial charge in [-0.3, -0.25) is 4.57 Å². The van der Waals surface area contributed by atoms with Gasteiger partial charge in [-0.25, -0.2) is 9.78 Å². The SMILES string of the molecule is CCOC(=O)c1ncn(-c2ccccc2C)c1C(F)(F)F. The minimum absolute atomic E-state index is 0.0205. The summed E-state index contributed by atoms with van der Waals surface area (Å²) in [6.07, 6.45) is -3.74. The Bertz CT molecular complexity index is 662.